The van der Waals surface area contributed by atoms with Crippen LogP contribution < -0.4 is 16.4 Å². The van der Waals surface area contributed by atoms with Gasteiger partial charge in [0.1, 0.15) is 5.69 Å². The third-order valence-corrected chi connectivity index (χ3v) is 7.14. The first-order valence-electron chi connectivity index (χ1n) is 11.0. The topological polar surface area (TPSA) is 114 Å². The van der Waals surface area contributed by atoms with E-state index in [1.807, 2.05) is 72.1 Å². The molecule has 0 aliphatic heterocycles. The van der Waals surface area contributed by atoms with E-state index in [4.69, 9.17) is 5.73 Å². The van der Waals surface area contributed by atoms with Crippen LogP contribution in [0, 0.1) is 0 Å². The lowest BCUT2D eigenvalue weighted by Crippen LogP contribution is -2.30. The normalized spacial score (nSPS) is 11.5. The number of aromatic nitrogens is 1. The second kappa shape index (κ2) is 11.5. The lowest BCUT2D eigenvalue weighted by Gasteiger charge is -2.19. The lowest BCUT2D eigenvalue weighted by atomic mass is 10.0. The number of thiazole rings is 1. The SMILES string of the molecule is NC(=O)c1nc(C(=O)NCCCC(NC(=O)c2sccc2-c2ccccc2)c2ccccc2)cs1. The molecule has 9 heteroatoms. The number of carbonyl (C=O) groups is 3. The summed E-state index contributed by atoms with van der Waals surface area (Å²) in [5, 5.41) is 9.52. The second-order valence-corrected chi connectivity index (χ2v) is 9.54. The predicted octanol–water partition coefficient (Wildman–Crippen LogP) is 4.65. The Bertz CT molecular complexity index is 1300. The van der Waals surface area contributed by atoms with Crippen molar-refractivity contribution >= 4 is 40.4 Å². The number of nitrogens with one attached hydrogen (secondary N) is 2. The molecule has 0 fully saturated rings. The molecule has 1 atom stereocenters. The fourth-order valence-corrected chi connectivity index (χ4v) is 5.12. The number of benzene rings is 2. The molecule has 1 unspecified atom stereocenters. The Morgan fingerprint density at radius 2 is 1.63 bits per heavy atom. The van der Waals surface area contributed by atoms with Gasteiger partial charge in [-0.25, -0.2) is 4.98 Å². The second-order valence-electron chi connectivity index (χ2n) is 7.77. The Morgan fingerprint density at radius 1 is 0.914 bits per heavy atom. The molecule has 7 nitrogen and oxygen atoms in total. The van der Waals surface area contributed by atoms with Crippen LogP contribution in [0.25, 0.3) is 11.1 Å². The molecule has 2 heterocycles. The van der Waals surface area contributed by atoms with E-state index in [9.17, 15) is 14.4 Å². The van der Waals surface area contributed by atoms with Crippen LogP contribution in [0.3, 0.4) is 0 Å². The molecule has 0 aliphatic rings. The monoisotopic (exact) mass is 504 g/mol. The molecule has 0 saturated heterocycles. The van der Waals surface area contributed by atoms with E-state index >= 15 is 0 Å². The van der Waals surface area contributed by atoms with Crippen molar-refractivity contribution in [2.45, 2.75) is 18.9 Å². The summed E-state index contributed by atoms with van der Waals surface area (Å²) in [4.78, 5) is 41.4. The van der Waals surface area contributed by atoms with Crippen LogP contribution in [-0.4, -0.2) is 29.3 Å². The van der Waals surface area contributed by atoms with Crippen molar-refractivity contribution in [2.24, 2.45) is 5.73 Å². The number of amides is 3. The van der Waals surface area contributed by atoms with Gasteiger partial charge in [-0.3, -0.25) is 14.4 Å². The summed E-state index contributed by atoms with van der Waals surface area (Å²) in [5.41, 5.74) is 8.27. The number of primary amides is 1. The van der Waals surface area contributed by atoms with Crippen LogP contribution in [0.1, 0.15) is 54.4 Å². The molecule has 0 spiro atoms. The first kappa shape index (κ1) is 24.3. The van der Waals surface area contributed by atoms with Gasteiger partial charge in [-0.05, 0) is 35.4 Å². The third-order valence-electron chi connectivity index (χ3n) is 5.37. The zero-order valence-corrected chi connectivity index (χ0v) is 20.4. The predicted molar refractivity (Wildman–Crippen MR) is 139 cm³/mol. The van der Waals surface area contributed by atoms with Crippen molar-refractivity contribution < 1.29 is 14.4 Å². The van der Waals surface area contributed by atoms with E-state index in [-0.39, 0.29) is 28.6 Å². The smallest absolute Gasteiger partial charge is 0.277 e. The molecule has 3 amide bonds. The molecule has 2 aromatic carbocycles. The van der Waals surface area contributed by atoms with Gasteiger partial charge in [0.25, 0.3) is 17.7 Å². The zero-order chi connectivity index (χ0) is 24.6. The first-order valence-corrected chi connectivity index (χ1v) is 12.8. The number of hydrogen-bond donors (Lipinski definition) is 3. The van der Waals surface area contributed by atoms with Crippen LogP contribution in [0.5, 0.6) is 0 Å². The van der Waals surface area contributed by atoms with Crippen molar-refractivity contribution in [1.29, 1.82) is 0 Å². The number of nitrogens with zero attached hydrogens (tertiary/aromatic N) is 1. The molecule has 0 radical (unpaired) electrons. The largest absolute Gasteiger partial charge is 0.364 e. The van der Waals surface area contributed by atoms with Gasteiger partial charge in [0, 0.05) is 17.5 Å². The minimum absolute atomic E-state index is 0.102. The van der Waals surface area contributed by atoms with Gasteiger partial charge in [0.05, 0.1) is 10.9 Å². The maximum absolute atomic E-state index is 13.3. The van der Waals surface area contributed by atoms with Crippen molar-refractivity contribution in [2.75, 3.05) is 6.54 Å². The van der Waals surface area contributed by atoms with Gasteiger partial charge in [0.2, 0.25) is 0 Å². The molecule has 0 aliphatic carbocycles. The van der Waals surface area contributed by atoms with Gasteiger partial charge in [-0.2, -0.15) is 0 Å². The molecule has 0 bridgehead atoms. The highest BCUT2D eigenvalue weighted by molar-refractivity contribution is 7.12. The number of nitrogens with two attached hydrogens (primary N) is 1. The third kappa shape index (κ3) is 6.20. The Hall–Kier alpha value is -3.82. The molecular formula is C26H24N4O3S2. The molecule has 178 valence electrons. The minimum atomic E-state index is -0.656. The highest BCUT2D eigenvalue weighted by Crippen LogP contribution is 2.29. The highest BCUT2D eigenvalue weighted by atomic mass is 32.1. The molecule has 35 heavy (non-hydrogen) atoms. The van der Waals surface area contributed by atoms with E-state index < -0.39 is 5.91 Å². The van der Waals surface area contributed by atoms with Gasteiger partial charge < -0.3 is 16.4 Å². The average molecular weight is 505 g/mol. The molecule has 0 saturated carbocycles. The van der Waals surface area contributed by atoms with Gasteiger partial charge in [-0.1, -0.05) is 60.7 Å². The molecular weight excluding hydrogens is 480 g/mol. The number of rotatable bonds is 10. The van der Waals surface area contributed by atoms with Crippen molar-refractivity contribution in [3.05, 3.63) is 98.6 Å². The van der Waals surface area contributed by atoms with Crippen LogP contribution in [0.2, 0.25) is 0 Å². The van der Waals surface area contributed by atoms with Crippen molar-refractivity contribution in [1.82, 2.24) is 15.6 Å². The van der Waals surface area contributed by atoms with E-state index in [1.165, 1.54) is 16.7 Å². The fraction of sp³-hybridized carbons (Fsp3) is 0.154. The first-order chi connectivity index (χ1) is 17.0. The van der Waals surface area contributed by atoms with Crippen molar-refractivity contribution in [3.63, 3.8) is 0 Å². The van der Waals surface area contributed by atoms with E-state index in [2.05, 4.69) is 15.6 Å². The van der Waals surface area contributed by atoms with E-state index in [1.54, 1.807) is 0 Å². The molecule has 4 N–H and O–H groups in total. The number of hydrogen-bond acceptors (Lipinski definition) is 6. The van der Waals surface area contributed by atoms with Crippen LogP contribution in [-0.2, 0) is 0 Å². The van der Waals surface area contributed by atoms with Gasteiger partial charge in [0.15, 0.2) is 5.01 Å². The zero-order valence-electron chi connectivity index (χ0n) is 18.8. The van der Waals surface area contributed by atoms with Crippen molar-refractivity contribution in [3.8, 4) is 11.1 Å². The molecule has 4 aromatic rings. The Labute approximate surface area is 211 Å². The van der Waals surface area contributed by atoms with Gasteiger partial charge in [-0.15, -0.1) is 22.7 Å². The van der Waals surface area contributed by atoms with Gasteiger partial charge >= 0.3 is 0 Å². The van der Waals surface area contributed by atoms with Crippen LogP contribution in [0.15, 0.2) is 77.5 Å². The maximum atomic E-state index is 13.3. The molecule has 4 rings (SSSR count). The van der Waals surface area contributed by atoms with Crippen LogP contribution in [0.4, 0.5) is 0 Å². The number of thiophene rings is 1. The summed E-state index contributed by atoms with van der Waals surface area (Å²) in [6.07, 6.45) is 1.26. The standard InChI is InChI=1S/C26H24N4O3S2/c27-23(31)26-30-21(16-35-26)24(32)28-14-7-12-20(18-10-5-2-6-11-18)29-25(33)22-19(13-15-34-22)17-8-3-1-4-9-17/h1-6,8-11,13,15-16,20H,7,12,14H2,(H2,27,31)(H,28,32)(H,29,33). The summed E-state index contributed by atoms with van der Waals surface area (Å²) in [7, 11) is 0. The Balaban J connectivity index is 1.39. The molecule has 2 aromatic heterocycles. The number of carbonyl (C=O) groups excluding carboxylic acids is 3. The highest BCUT2D eigenvalue weighted by Gasteiger charge is 2.20. The Kier molecular flexibility index (Phi) is 8.02. The minimum Gasteiger partial charge on any atom is -0.364 e. The lowest BCUT2D eigenvalue weighted by molar-refractivity contribution is 0.0926. The Morgan fingerprint density at radius 3 is 2.31 bits per heavy atom. The summed E-state index contributed by atoms with van der Waals surface area (Å²) in [6.45, 7) is 0.399. The summed E-state index contributed by atoms with van der Waals surface area (Å²) < 4.78 is 0. The average Bonchev–Trinajstić information content (AvgIpc) is 3.57. The fourth-order valence-electron chi connectivity index (χ4n) is 3.65. The summed E-state index contributed by atoms with van der Waals surface area (Å²) in [6, 6.07) is 21.4. The quantitative estimate of drug-likeness (QED) is 0.273. The summed E-state index contributed by atoms with van der Waals surface area (Å²) in [5.74, 6) is -1.14. The van der Waals surface area contributed by atoms with E-state index in [0.717, 1.165) is 28.0 Å². The summed E-state index contributed by atoms with van der Waals surface area (Å²) >= 11 is 2.45. The van der Waals surface area contributed by atoms with Crippen LogP contribution >= 0.6 is 22.7 Å². The van der Waals surface area contributed by atoms with E-state index in [0.29, 0.717) is 24.3 Å². The maximum Gasteiger partial charge on any atom is 0.277 e.